The fourth-order valence-corrected chi connectivity index (χ4v) is 2.35. The van der Waals surface area contributed by atoms with Gasteiger partial charge in [0, 0.05) is 30.2 Å². The summed E-state index contributed by atoms with van der Waals surface area (Å²) in [5, 5.41) is 5.64. The third-order valence-electron chi connectivity index (χ3n) is 3.57. The molecule has 0 aliphatic carbocycles. The molecule has 1 aromatic carbocycles. The van der Waals surface area contributed by atoms with Crippen LogP contribution in [-0.4, -0.2) is 16.8 Å². The van der Waals surface area contributed by atoms with Gasteiger partial charge in [0.25, 0.3) is 5.91 Å². The fourth-order valence-electron chi connectivity index (χ4n) is 2.35. The molecule has 2 N–H and O–H groups in total. The van der Waals surface area contributed by atoms with Gasteiger partial charge >= 0.3 is 0 Å². The monoisotopic (exact) mass is 281 g/mol. The maximum absolute atomic E-state index is 12.2. The summed E-state index contributed by atoms with van der Waals surface area (Å²) in [7, 11) is 0. The van der Waals surface area contributed by atoms with Gasteiger partial charge in [-0.3, -0.25) is 14.6 Å². The molecule has 106 valence electrons. The van der Waals surface area contributed by atoms with E-state index in [-0.39, 0.29) is 11.8 Å². The first-order chi connectivity index (χ1) is 10.1. The van der Waals surface area contributed by atoms with Gasteiger partial charge < -0.3 is 10.6 Å². The minimum atomic E-state index is -0.145. The lowest BCUT2D eigenvalue weighted by molar-refractivity contribution is -0.115. The Hall–Kier alpha value is -2.69. The molecule has 5 nitrogen and oxygen atoms in total. The van der Waals surface area contributed by atoms with Crippen LogP contribution in [0.25, 0.3) is 0 Å². The number of hydrogen-bond donors (Lipinski definition) is 2. The lowest BCUT2D eigenvalue weighted by Crippen LogP contribution is -2.23. The number of pyridine rings is 1. The second-order valence-electron chi connectivity index (χ2n) is 5.08. The Bertz CT molecular complexity index is 725. The molecule has 2 amide bonds. The first-order valence-corrected chi connectivity index (χ1v) is 6.74. The van der Waals surface area contributed by atoms with E-state index in [1.807, 2.05) is 13.0 Å². The third-order valence-corrected chi connectivity index (χ3v) is 3.57. The molecule has 5 heteroatoms. The van der Waals surface area contributed by atoms with Crippen LogP contribution in [0, 0.1) is 6.92 Å². The molecular formula is C16H15N3O2. The van der Waals surface area contributed by atoms with Crippen LogP contribution in [0.3, 0.4) is 0 Å². The number of carbonyl (C=O) groups is 2. The number of anilines is 1. The second-order valence-corrected chi connectivity index (χ2v) is 5.08. The van der Waals surface area contributed by atoms with E-state index < -0.39 is 0 Å². The van der Waals surface area contributed by atoms with Crippen LogP contribution in [0.5, 0.6) is 0 Å². The summed E-state index contributed by atoms with van der Waals surface area (Å²) in [6.45, 7) is 2.42. The zero-order valence-electron chi connectivity index (χ0n) is 11.6. The average Bonchev–Trinajstić information content (AvgIpc) is 2.85. The van der Waals surface area contributed by atoms with Crippen molar-refractivity contribution in [3.8, 4) is 0 Å². The summed E-state index contributed by atoms with van der Waals surface area (Å²) >= 11 is 0. The lowest BCUT2D eigenvalue weighted by Gasteiger charge is -2.08. The highest BCUT2D eigenvalue weighted by atomic mass is 16.2. The minimum absolute atomic E-state index is 0.0324. The maximum atomic E-state index is 12.2. The molecule has 1 aromatic heterocycles. The van der Waals surface area contributed by atoms with E-state index in [1.54, 1.807) is 30.6 Å². The molecule has 0 bridgehead atoms. The van der Waals surface area contributed by atoms with Crippen LogP contribution >= 0.6 is 0 Å². The number of aromatic nitrogens is 1. The van der Waals surface area contributed by atoms with Crippen LogP contribution in [0.2, 0.25) is 0 Å². The number of fused-ring (bicyclic) bond motifs is 1. The van der Waals surface area contributed by atoms with Crippen molar-refractivity contribution in [1.82, 2.24) is 10.3 Å². The molecule has 0 spiro atoms. The molecule has 0 radical (unpaired) electrons. The molecule has 2 aromatic rings. The van der Waals surface area contributed by atoms with Crippen molar-refractivity contribution in [2.45, 2.75) is 19.9 Å². The van der Waals surface area contributed by atoms with Crippen molar-refractivity contribution < 1.29 is 9.59 Å². The van der Waals surface area contributed by atoms with E-state index in [2.05, 4.69) is 15.6 Å². The van der Waals surface area contributed by atoms with Crippen molar-refractivity contribution in [1.29, 1.82) is 0 Å². The Kier molecular flexibility index (Phi) is 3.39. The zero-order valence-corrected chi connectivity index (χ0v) is 11.6. The summed E-state index contributed by atoms with van der Waals surface area (Å²) in [4.78, 5) is 27.5. The van der Waals surface area contributed by atoms with Crippen molar-refractivity contribution in [3.63, 3.8) is 0 Å². The fraction of sp³-hybridized carbons (Fsp3) is 0.188. The second kappa shape index (κ2) is 5.36. The van der Waals surface area contributed by atoms with E-state index in [0.717, 1.165) is 22.4 Å². The van der Waals surface area contributed by atoms with Crippen LogP contribution in [-0.2, 0) is 17.8 Å². The number of carbonyl (C=O) groups excluding carboxylic acids is 2. The first kappa shape index (κ1) is 13.3. The zero-order chi connectivity index (χ0) is 14.8. The number of benzene rings is 1. The Balaban J connectivity index is 1.71. The Morgan fingerprint density at radius 1 is 1.38 bits per heavy atom. The number of nitrogens with zero attached hydrogens (tertiary/aromatic N) is 1. The van der Waals surface area contributed by atoms with Crippen LogP contribution in [0.15, 0.2) is 36.7 Å². The van der Waals surface area contributed by atoms with Gasteiger partial charge in [-0.25, -0.2) is 0 Å². The van der Waals surface area contributed by atoms with Gasteiger partial charge in [0.1, 0.15) is 0 Å². The molecule has 21 heavy (non-hydrogen) atoms. The number of nitrogens with one attached hydrogen (secondary N) is 2. The number of aryl methyl sites for hydroxylation is 1. The summed E-state index contributed by atoms with van der Waals surface area (Å²) in [5.74, 6) is -0.177. The quantitative estimate of drug-likeness (QED) is 0.901. The van der Waals surface area contributed by atoms with Crippen LogP contribution in [0.4, 0.5) is 5.69 Å². The topological polar surface area (TPSA) is 71.1 Å². The van der Waals surface area contributed by atoms with Crippen molar-refractivity contribution in [2.24, 2.45) is 0 Å². The predicted molar refractivity (Wildman–Crippen MR) is 78.9 cm³/mol. The largest absolute Gasteiger partial charge is 0.348 e. The average molecular weight is 281 g/mol. The van der Waals surface area contributed by atoms with Crippen LogP contribution in [0.1, 0.15) is 27.0 Å². The highest BCUT2D eigenvalue weighted by molar-refractivity contribution is 6.01. The molecule has 0 fully saturated rings. The standard InChI is InChI=1S/C16H15N3O2/c1-10-8-17-5-4-12(10)9-18-16(21)11-2-3-14-13(6-11)7-15(20)19-14/h2-6,8H,7,9H2,1H3,(H,18,21)(H,19,20). The van der Waals surface area contributed by atoms with E-state index in [1.165, 1.54) is 0 Å². The molecular weight excluding hydrogens is 266 g/mol. The SMILES string of the molecule is Cc1cnccc1CNC(=O)c1ccc2c(c1)CC(=O)N2. The van der Waals surface area contributed by atoms with Crippen LogP contribution < -0.4 is 10.6 Å². The van der Waals surface area contributed by atoms with Gasteiger partial charge in [-0.1, -0.05) is 0 Å². The number of rotatable bonds is 3. The minimum Gasteiger partial charge on any atom is -0.348 e. The molecule has 0 unspecified atom stereocenters. The summed E-state index contributed by atoms with van der Waals surface area (Å²) in [5.41, 5.74) is 4.31. The Labute approximate surface area is 122 Å². The lowest BCUT2D eigenvalue weighted by atomic mass is 10.1. The van der Waals surface area contributed by atoms with Gasteiger partial charge in [-0.15, -0.1) is 0 Å². The highest BCUT2D eigenvalue weighted by Crippen LogP contribution is 2.23. The third kappa shape index (κ3) is 2.76. The molecule has 1 aliphatic rings. The Morgan fingerprint density at radius 3 is 3.05 bits per heavy atom. The van der Waals surface area contributed by atoms with E-state index >= 15 is 0 Å². The van der Waals surface area contributed by atoms with E-state index in [0.29, 0.717) is 18.5 Å². The molecule has 2 heterocycles. The van der Waals surface area contributed by atoms with Crippen molar-refractivity contribution in [2.75, 3.05) is 5.32 Å². The Morgan fingerprint density at radius 2 is 2.24 bits per heavy atom. The van der Waals surface area contributed by atoms with Gasteiger partial charge in [0.05, 0.1) is 6.42 Å². The maximum Gasteiger partial charge on any atom is 0.251 e. The summed E-state index contributed by atoms with van der Waals surface area (Å²) < 4.78 is 0. The van der Waals surface area contributed by atoms with Gasteiger partial charge in [0.15, 0.2) is 0 Å². The molecule has 3 rings (SSSR count). The van der Waals surface area contributed by atoms with E-state index in [4.69, 9.17) is 0 Å². The number of hydrogen-bond acceptors (Lipinski definition) is 3. The smallest absolute Gasteiger partial charge is 0.251 e. The molecule has 1 aliphatic heterocycles. The van der Waals surface area contributed by atoms with Crippen molar-refractivity contribution in [3.05, 3.63) is 58.9 Å². The molecule has 0 atom stereocenters. The summed E-state index contributed by atoms with van der Waals surface area (Å²) in [6, 6.07) is 7.15. The highest BCUT2D eigenvalue weighted by Gasteiger charge is 2.19. The van der Waals surface area contributed by atoms with Crippen molar-refractivity contribution >= 4 is 17.5 Å². The molecule has 0 saturated carbocycles. The van der Waals surface area contributed by atoms with Gasteiger partial charge in [-0.05, 0) is 47.9 Å². The normalized spacial score (nSPS) is 12.7. The number of amides is 2. The van der Waals surface area contributed by atoms with E-state index in [9.17, 15) is 9.59 Å². The van der Waals surface area contributed by atoms with Gasteiger partial charge in [-0.2, -0.15) is 0 Å². The summed E-state index contributed by atoms with van der Waals surface area (Å²) in [6.07, 6.45) is 3.81. The van der Waals surface area contributed by atoms with Gasteiger partial charge in [0.2, 0.25) is 5.91 Å². The first-order valence-electron chi connectivity index (χ1n) is 6.74. The predicted octanol–water partition coefficient (Wildman–Crippen LogP) is 1.81. The molecule has 0 saturated heterocycles.